The Hall–Kier alpha value is -3.35. The molecule has 2 aromatic rings. The van der Waals surface area contributed by atoms with E-state index in [1.54, 1.807) is 29.2 Å². The van der Waals surface area contributed by atoms with E-state index in [1.165, 1.54) is 0 Å². The molecule has 0 bridgehead atoms. The van der Waals surface area contributed by atoms with Crippen LogP contribution in [0.4, 0.5) is 5.69 Å². The molecule has 28 heavy (non-hydrogen) atoms. The first-order valence-electron chi connectivity index (χ1n) is 9.20. The summed E-state index contributed by atoms with van der Waals surface area (Å²) < 4.78 is 0. The first-order valence-corrected chi connectivity index (χ1v) is 9.20. The van der Waals surface area contributed by atoms with Crippen molar-refractivity contribution in [3.05, 3.63) is 65.7 Å². The van der Waals surface area contributed by atoms with Gasteiger partial charge in [0, 0.05) is 30.8 Å². The fourth-order valence-corrected chi connectivity index (χ4v) is 2.60. The van der Waals surface area contributed by atoms with E-state index >= 15 is 0 Å². The van der Waals surface area contributed by atoms with Crippen molar-refractivity contribution in [2.45, 2.75) is 20.3 Å². The molecule has 0 radical (unpaired) electrons. The minimum atomic E-state index is -0.362. The van der Waals surface area contributed by atoms with E-state index in [9.17, 15) is 9.59 Å². The fourth-order valence-electron chi connectivity index (χ4n) is 2.60. The van der Waals surface area contributed by atoms with Gasteiger partial charge in [0.15, 0.2) is 6.61 Å². The van der Waals surface area contributed by atoms with Crippen LogP contribution in [0.15, 0.2) is 59.8 Å². The van der Waals surface area contributed by atoms with Crippen LogP contribution < -0.4 is 11.1 Å². The van der Waals surface area contributed by atoms with E-state index in [0.717, 1.165) is 5.56 Å². The van der Waals surface area contributed by atoms with Gasteiger partial charge in [-0.2, -0.15) is 0 Å². The summed E-state index contributed by atoms with van der Waals surface area (Å²) in [5, 5.41) is 6.45. The molecule has 0 atom stereocenters. The second kappa shape index (κ2) is 10.7. The van der Waals surface area contributed by atoms with Crippen LogP contribution in [0, 0.1) is 0 Å². The molecule has 0 unspecified atom stereocenters. The number of carbonyl (C=O) groups excluding carboxylic acids is 2. The maximum atomic E-state index is 12.3. The monoisotopic (exact) mass is 382 g/mol. The van der Waals surface area contributed by atoms with Crippen molar-refractivity contribution in [1.82, 2.24) is 4.90 Å². The minimum absolute atomic E-state index is 0.0329. The molecule has 0 aromatic heterocycles. The van der Waals surface area contributed by atoms with Gasteiger partial charge < -0.3 is 20.8 Å². The Bertz CT molecular complexity index is 800. The predicted octanol–water partition coefficient (Wildman–Crippen LogP) is 2.64. The maximum Gasteiger partial charge on any atom is 0.265 e. The lowest BCUT2D eigenvalue weighted by molar-refractivity contribution is -0.120. The number of hydrogen-bond acceptors (Lipinski definition) is 4. The average molecular weight is 382 g/mol. The number of oxime groups is 1. The zero-order valence-corrected chi connectivity index (χ0v) is 16.2. The molecule has 2 aromatic carbocycles. The third-order valence-electron chi connectivity index (χ3n) is 4.07. The molecule has 0 saturated carbocycles. The highest BCUT2D eigenvalue weighted by Gasteiger charge is 2.12. The summed E-state index contributed by atoms with van der Waals surface area (Å²) in [5.74, 6) is -0.105. The Morgan fingerprint density at radius 2 is 1.68 bits per heavy atom. The van der Waals surface area contributed by atoms with Gasteiger partial charge in [0.1, 0.15) is 5.84 Å². The number of nitrogens with zero attached hydrogens (tertiary/aromatic N) is 2. The molecular weight excluding hydrogens is 356 g/mol. The van der Waals surface area contributed by atoms with Gasteiger partial charge in [-0.05, 0) is 43.7 Å². The van der Waals surface area contributed by atoms with Gasteiger partial charge in [0.25, 0.3) is 11.8 Å². The van der Waals surface area contributed by atoms with Crippen molar-refractivity contribution < 1.29 is 14.4 Å². The number of hydrogen-bond donors (Lipinski definition) is 2. The van der Waals surface area contributed by atoms with Crippen molar-refractivity contribution in [2.24, 2.45) is 10.9 Å². The summed E-state index contributed by atoms with van der Waals surface area (Å²) >= 11 is 0. The summed E-state index contributed by atoms with van der Waals surface area (Å²) in [6, 6.07) is 16.4. The van der Waals surface area contributed by atoms with Crippen molar-refractivity contribution in [3.8, 4) is 0 Å². The number of carbonyl (C=O) groups is 2. The van der Waals surface area contributed by atoms with Crippen LogP contribution in [-0.2, 0) is 16.1 Å². The molecule has 7 nitrogen and oxygen atoms in total. The van der Waals surface area contributed by atoms with E-state index in [-0.39, 0.29) is 18.4 Å². The Morgan fingerprint density at radius 3 is 2.29 bits per heavy atom. The molecule has 2 amide bonds. The van der Waals surface area contributed by atoms with Crippen molar-refractivity contribution >= 4 is 23.3 Å². The van der Waals surface area contributed by atoms with Gasteiger partial charge in [0.2, 0.25) is 0 Å². The van der Waals surface area contributed by atoms with Crippen LogP contribution in [-0.4, -0.2) is 42.2 Å². The van der Waals surface area contributed by atoms with E-state index < -0.39 is 0 Å². The van der Waals surface area contributed by atoms with E-state index in [1.807, 2.05) is 44.2 Å². The van der Waals surface area contributed by atoms with Crippen LogP contribution in [0.3, 0.4) is 0 Å². The largest absolute Gasteiger partial charge is 0.384 e. The van der Waals surface area contributed by atoms with Crippen molar-refractivity contribution in [3.63, 3.8) is 0 Å². The molecule has 0 spiro atoms. The standard InChI is InChI=1S/C21H26N4O3/c1-3-25(4-2)21(27)17-10-12-18(13-11-17)23-20(26)15-28-24-19(22)14-16-8-6-5-7-9-16/h5-13H,3-4,14-15H2,1-2H3,(H2,22,24)(H,23,26). The average Bonchev–Trinajstić information content (AvgIpc) is 2.70. The number of nitrogens with one attached hydrogen (secondary N) is 1. The molecular formula is C21H26N4O3. The van der Waals surface area contributed by atoms with Crippen molar-refractivity contribution in [1.29, 1.82) is 0 Å². The Morgan fingerprint density at radius 1 is 1.04 bits per heavy atom. The van der Waals surface area contributed by atoms with Crippen LogP contribution in [0.25, 0.3) is 0 Å². The molecule has 0 aliphatic heterocycles. The van der Waals surface area contributed by atoms with Gasteiger partial charge in [0.05, 0.1) is 0 Å². The van der Waals surface area contributed by atoms with Gasteiger partial charge in [-0.15, -0.1) is 0 Å². The Kier molecular flexibility index (Phi) is 8.02. The lowest BCUT2D eigenvalue weighted by Gasteiger charge is -2.18. The lowest BCUT2D eigenvalue weighted by Crippen LogP contribution is -2.30. The molecule has 0 aliphatic rings. The highest BCUT2D eigenvalue weighted by atomic mass is 16.6. The molecule has 3 N–H and O–H groups in total. The van der Waals surface area contributed by atoms with Crippen LogP contribution in [0.1, 0.15) is 29.8 Å². The van der Waals surface area contributed by atoms with Gasteiger partial charge in [-0.1, -0.05) is 35.5 Å². The minimum Gasteiger partial charge on any atom is -0.384 e. The van der Waals surface area contributed by atoms with Crippen LogP contribution in [0.5, 0.6) is 0 Å². The lowest BCUT2D eigenvalue weighted by atomic mass is 10.1. The van der Waals surface area contributed by atoms with E-state index in [0.29, 0.717) is 36.6 Å². The highest BCUT2D eigenvalue weighted by molar-refractivity contribution is 5.96. The molecule has 0 fully saturated rings. The third kappa shape index (κ3) is 6.42. The van der Waals surface area contributed by atoms with Crippen molar-refractivity contribution in [2.75, 3.05) is 25.0 Å². The van der Waals surface area contributed by atoms with Crippen LogP contribution in [0.2, 0.25) is 0 Å². The molecule has 7 heteroatoms. The molecule has 0 saturated heterocycles. The second-order valence-electron chi connectivity index (χ2n) is 6.12. The quantitative estimate of drug-likeness (QED) is 0.396. The second-order valence-corrected chi connectivity index (χ2v) is 6.12. The summed E-state index contributed by atoms with van der Waals surface area (Å²) in [5.41, 5.74) is 7.96. The zero-order chi connectivity index (χ0) is 20.4. The summed E-state index contributed by atoms with van der Waals surface area (Å²) in [6.07, 6.45) is 0.449. The first-order chi connectivity index (χ1) is 13.5. The predicted molar refractivity (Wildman–Crippen MR) is 110 cm³/mol. The van der Waals surface area contributed by atoms with Gasteiger partial charge in [-0.25, -0.2) is 0 Å². The molecule has 148 valence electrons. The summed E-state index contributed by atoms with van der Waals surface area (Å²) in [4.78, 5) is 31.0. The number of amides is 2. The molecule has 0 aliphatic carbocycles. The molecule has 0 heterocycles. The summed E-state index contributed by atoms with van der Waals surface area (Å²) in [6.45, 7) is 4.92. The van der Waals surface area contributed by atoms with E-state index in [4.69, 9.17) is 10.6 Å². The fraction of sp³-hybridized carbons (Fsp3) is 0.286. The maximum absolute atomic E-state index is 12.3. The normalized spacial score (nSPS) is 11.0. The number of amidine groups is 1. The smallest absolute Gasteiger partial charge is 0.265 e. The Labute approximate surface area is 165 Å². The third-order valence-corrected chi connectivity index (χ3v) is 4.07. The number of benzene rings is 2. The van der Waals surface area contributed by atoms with Gasteiger partial charge in [-0.3, -0.25) is 9.59 Å². The summed E-state index contributed by atoms with van der Waals surface area (Å²) in [7, 11) is 0. The molecule has 2 rings (SSSR count). The van der Waals surface area contributed by atoms with Crippen LogP contribution >= 0.6 is 0 Å². The number of anilines is 1. The van der Waals surface area contributed by atoms with E-state index in [2.05, 4.69) is 10.5 Å². The topological polar surface area (TPSA) is 97.0 Å². The zero-order valence-electron chi connectivity index (χ0n) is 16.2. The number of rotatable bonds is 9. The Balaban J connectivity index is 1.81. The SMILES string of the molecule is CCN(CC)C(=O)c1ccc(NC(=O)CO/N=C(/N)Cc2ccccc2)cc1. The highest BCUT2D eigenvalue weighted by Crippen LogP contribution is 2.11. The first kappa shape index (κ1) is 21.0. The van der Waals surface area contributed by atoms with Gasteiger partial charge >= 0.3 is 0 Å². The number of nitrogens with two attached hydrogens (primary N) is 1.